The molecule has 0 radical (unpaired) electrons. The Hall–Kier alpha value is -0.650. The molecule has 0 aliphatic carbocycles. The highest BCUT2D eigenvalue weighted by atomic mass is 16.6. The van der Waals surface area contributed by atoms with Gasteiger partial charge < -0.3 is 19.1 Å². The molecule has 2 saturated heterocycles. The topological polar surface area (TPSA) is 48.0 Å². The fraction of sp³-hybridized carbons (Fsp3) is 0.929. The number of hydrogen-bond donors (Lipinski definition) is 0. The highest BCUT2D eigenvalue weighted by Crippen LogP contribution is 2.34. The molecular weight excluding hydrogens is 246 g/mol. The Labute approximate surface area is 115 Å². The van der Waals surface area contributed by atoms with E-state index in [4.69, 9.17) is 14.2 Å². The van der Waals surface area contributed by atoms with Crippen LogP contribution in [0.25, 0.3) is 0 Å². The van der Waals surface area contributed by atoms with Gasteiger partial charge in [0, 0.05) is 32.2 Å². The van der Waals surface area contributed by atoms with Gasteiger partial charge in [-0.15, -0.1) is 0 Å². The molecule has 1 spiro atoms. The van der Waals surface area contributed by atoms with Crippen LogP contribution in [0.4, 0.5) is 0 Å². The van der Waals surface area contributed by atoms with Gasteiger partial charge in [-0.25, -0.2) is 0 Å². The zero-order valence-corrected chi connectivity index (χ0v) is 12.0. The summed E-state index contributed by atoms with van der Waals surface area (Å²) < 4.78 is 16.4. The average Bonchev–Trinajstić information content (AvgIpc) is 2.84. The highest BCUT2D eigenvalue weighted by Gasteiger charge is 2.41. The minimum atomic E-state index is -0.111. The fourth-order valence-electron chi connectivity index (χ4n) is 2.92. The number of ether oxygens (including phenoxy) is 3. The molecule has 2 heterocycles. The van der Waals surface area contributed by atoms with E-state index in [2.05, 4.69) is 11.9 Å². The number of nitrogens with zero attached hydrogens (tertiary/aromatic N) is 1. The first-order chi connectivity index (χ1) is 9.15. The van der Waals surface area contributed by atoms with Gasteiger partial charge in [-0.2, -0.15) is 0 Å². The summed E-state index contributed by atoms with van der Waals surface area (Å²) in [7, 11) is 2.08. The van der Waals surface area contributed by atoms with Crippen LogP contribution in [0, 0.1) is 0 Å². The van der Waals surface area contributed by atoms with Crippen LogP contribution < -0.4 is 0 Å². The van der Waals surface area contributed by atoms with E-state index in [1.54, 1.807) is 0 Å². The average molecular weight is 271 g/mol. The van der Waals surface area contributed by atoms with Gasteiger partial charge >= 0.3 is 5.97 Å². The van der Waals surface area contributed by atoms with Crippen molar-refractivity contribution < 1.29 is 19.0 Å². The zero-order chi connectivity index (χ0) is 13.7. The number of carbonyl (C=O) groups excluding carboxylic acids is 1. The number of carbonyl (C=O) groups is 1. The predicted octanol–water partition coefficient (Wildman–Crippen LogP) is 1.21. The van der Waals surface area contributed by atoms with Gasteiger partial charge in [0.1, 0.15) is 0 Å². The Morgan fingerprint density at radius 2 is 2.32 bits per heavy atom. The summed E-state index contributed by atoms with van der Waals surface area (Å²) >= 11 is 0. The van der Waals surface area contributed by atoms with Gasteiger partial charge in [-0.05, 0) is 26.8 Å². The summed E-state index contributed by atoms with van der Waals surface area (Å²) in [4.78, 5) is 13.6. The maximum absolute atomic E-state index is 11.4. The first kappa shape index (κ1) is 14.8. The lowest BCUT2D eigenvalue weighted by Gasteiger charge is -2.40. The SMILES string of the molecule is CCOC(=O)CCN(C)C1CCOC2(CCOC2)C1. The Kier molecular flexibility index (Phi) is 5.19. The first-order valence-corrected chi connectivity index (χ1v) is 7.23. The van der Waals surface area contributed by atoms with Crippen LogP contribution in [0.5, 0.6) is 0 Å². The number of esters is 1. The second-order valence-corrected chi connectivity index (χ2v) is 5.52. The molecule has 2 unspecified atom stereocenters. The molecule has 2 aliphatic heterocycles. The molecule has 2 aliphatic rings. The molecule has 0 aromatic carbocycles. The largest absolute Gasteiger partial charge is 0.466 e. The van der Waals surface area contributed by atoms with Crippen molar-refractivity contribution in [1.29, 1.82) is 0 Å². The third-order valence-electron chi connectivity index (χ3n) is 4.13. The van der Waals surface area contributed by atoms with E-state index < -0.39 is 0 Å². The van der Waals surface area contributed by atoms with Crippen molar-refractivity contribution in [1.82, 2.24) is 4.90 Å². The van der Waals surface area contributed by atoms with Crippen LogP contribution in [0.1, 0.15) is 32.6 Å². The second-order valence-electron chi connectivity index (χ2n) is 5.52. The van der Waals surface area contributed by atoms with E-state index in [0.29, 0.717) is 19.1 Å². The first-order valence-electron chi connectivity index (χ1n) is 7.23. The molecule has 0 saturated carbocycles. The van der Waals surface area contributed by atoms with E-state index in [9.17, 15) is 4.79 Å². The lowest BCUT2D eigenvalue weighted by atomic mass is 9.89. The van der Waals surface area contributed by atoms with Crippen molar-refractivity contribution >= 4 is 5.97 Å². The lowest BCUT2D eigenvalue weighted by molar-refractivity contribution is -0.144. The summed E-state index contributed by atoms with van der Waals surface area (Å²) in [6.07, 6.45) is 3.49. The summed E-state index contributed by atoms with van der Waals surface area (Å²) in [6, 6.07) is 0.477. The Morgan fingerprint density at radius 3 is 3.00 bits per heavy atom. The molecule has 2 fully saturated rings. The normalized spacial score (nSPS) is 31.0. The Balaban J connectivity index is 1.78. The number of rotatable bonds is 5. The predicted molar refractivity (Wildman–Crippen MR) is 71.0 cm³/mol. The van der Waals surface area contributed by atoms with Crippen LogP contribution in [0.2, 0.25) is 0 Å². The molecule has 0 bridgehead atoms. The van der Waals surface area contributed by atoms with Crippen molar-refractivity contribution in [3.63, 3.8) is 0 Å². The van der Waals surface area contributed by atoms with Crippen LogP contribution in [-0.2, 0) is 19.0 Å². The van der Waals surface area contributed by atoms with Crippen molar-refractivity contribution in [2.45, 2.75) is 44.2 Å². The Morgan fingerprint density at radius 1 is 1.47 bits per heavy atom. The maximum Gasteiger partial charge on any atom is 0.307 e. The third-order valence-corrected chi connectivity index (χ3v) is 4.13. The molecule has 2 atom stereocenters. The monoisotopic (exact) mass is 271 g/mol. The minimum absolute atomic E-state index is 0.0683. The molecule has 110 valence electrons. The molecule has 0 aromatic rings. The maximum atomic E-state index is 11.4. The molecule has 0 N–H and O–H groups in total. The Bertz CT molecular complexity index is 302. The van der Waals surface area contributed by atoms with Crippen molar-refractivity contribution in [2.24, 2.45) is 0 Å². The lowest BCUT2D eigenvalue weighted by Crippen LogP contribution is -2.48. The van der Waals surface area contributed by atoms with Gasteiger partial charge in [-0.1, -0.05) is 0 Å². The van der Waals surface area contributed by atoms with Crippen LogP contribution in [0.15, 0.2) is 0 Å². The second kappa shape index (κ2) is 6.68. The van der Waals surface area contributed by atoms with E-state index in [1.165, 1.54) is 0 Å². The van der Waals surface area contributed by atoms with E-state index in [-0.39, 0.29) is 11.6 Å². The van der Waals surface area contributed by atoms with Crippen molar-refractivity contribution in [3.8, 4) is 0 Å². The van der Waals surface area contributed by atoms with Gasteiger partial charge in [0.15, 0.2) is 0 Å². The smallest absolute Gasteiger partial charge is 0.307 e. The van der Waals surface area contributed by atoms with Crippen molar-refractivity contribution in [2.75, 3.05) is 40.0 Å². The summed E-state index contributed by atoms with van der Waals surface area (Å²) in [5.74, 6) is -0.111. The molecule has 19 heavy (non-hydrogen) atoms. The molecule has 2 rings (SSSR count). The third kappa shape index (κ3) is 3.91. The van der Waals surface area contributed by atoms with E-state index in [1.807, 2.05) is 6.92 Å². The van der Waals surface area contributed by atoms with Crippen LogP contribution in [0.3, 0.4) is 0 Å². The molecule has 0 amide bonds. The van der Waals surface area contributed by atoms with E-state index >= 15 is 0 Å². The molecule has 5 heteroatoms. The number of hydrogen-bond acceptors (Lipinski definition) is 5. The fourth-order valence-corrected chi connectivity index (χ4v) is 2.92. The van der Waals surface area contributed by atoms with Crippen LogP contribution in [-0.4, -0.2) is 62.5 Å². The quantitative estimate of drug-likeness (QED) is 0.703. The van der Waals surface area contributed by atoms with Crippen molar-refractivity contribution in [3.05, 3.63) is 0 Å². The van der Waals surface area contributed by atoms with Gasteiger partial charge in [-0.3, -0.25) is 4.79 Å². The van der Waals surface area contributed by atoms with Gasteiger partial charge in [0.05, 0.1) is 25.2 Å². The molecule has 5 nitrogen and oxygen atoms in total. The summed E-state index contributed by atoms with van der Waals surface area (Å²) in [6.45, 7) is 5.36. The van der Waals surface area contributed by atoms with Gasteiger partial charge in [0.2, 0.25) is 0 Å². The standard InChI is InChI=1S/C14H25NO4/c1-3-18-13(16)4-7-15(2)12-5-8-19-14(10-12)6-9-17-11-14/h12H,3-11H2,1-2H3. The zero-order valence-electron chi connectivity index (χ0n) is 12.0. The van der Waals surface area contributed by atoms with E-state index in [0.717, 1.165) is 45.6 Å². The molecular formula is C14H25NO4. The minimum Gasteiger partial charge on any atom is -0.466 e. The van der Waals surface area contributed by atoms with Gasteiger partial charge in [0.25, 0.3) is 0 Å². The highest BCUT2D eigenvalue weighted by molar-refractivity contribution is 5.69. The summed E-state index contributed by atoms with van der Waals surface area (Å²) in [5, 5.41) is 0. The summed E-state index contributed by atoms with van der Waals surface area (Å²) in [5.41, 5.74) is -0.0683. The molecule has 0 aromatic heterocycles. The van der Waals surface area contributed by atoms with Crippen LogP contribution >= 0.6 is 0 Å².